The fourth-order valence-electron chi connectivity index (χ4n) is 0.733. The summed E-state index contributed by atoms with van der Waals surface area (Å²) in [5.74, 6) is -4.61. The third kappa shape index (κ3) is 29.5. The van der Waals surface area contributed by atoms with E-state index in [2.05, 4.69) is 4.90 Å². The topological polar surface area (TPSA) is 187 Å². The first-order valence-electron chi connectivity index (χ1n) is 5.65. The van der Waals surface area contributed by atoms with E-state index in [1.165, 1.54) is 0 Å². The molecule has 0 bridgehead atoms. The van der Waals surface area contributed by atoms with E-state index in [1.807, 2.05) is 0 Å². The maximum atomic E-state index is 9.27. The molecule has 0 unspecified atom stereocenters. The van der Waals surface area contributed by atoms with Crippen LogP contribution in [-0.4, -0.2) is 87.1 Å². The van der Waals surface area contributed by atoms with E-state index >= 15 is 0 Å². The van der Waals surface area contributed by atoms with Crippen molar-refractivity contribution in [1.29, 1.82) is 0 Å². The van der Waals surface area contributed by atoms with Crippen LogP contribution in [-0.2, 0) is 36.0 Å². The van der Waals surface area contributed by atoms with Gasteiger partial charge in [0.15, 0.2) is 0 Å². The molecule has 0 aromatic carbocycles. The zero-order chi connectivity index (χ0) is 18.1. The SMILES string of the molecule is O=C([OH2+])C(=O)[OH2+].O=C([OH2+])C(=O)[OH2+].[Co+3].[NH-]CCN(CCCl)CCCl. The molecule has 0 atom stereocenters. The zero-order valence-electron chi connectivity index (χ0n) is 11.9. The summed E-state index contributed by atoms with van der Waals surface area (Å²) < 4.78 is 0. The van der Waals surface area contributed by atoms with Crippen LogP contribution in [0.5, 0.6) is 0 Å². The first-order chi connectivity index (χ1) is 10.1. The Morgan fingerprint density at radius 3 is 1.13 bits per heavy atom. The Balaban J connectivity index is -0.000000122. The predicted molar refractivity (Wildman–Crippen MR) is 81.6 cm³/mol. The molecule has 0 aliphatic heterocycles. The van der Waals surface area contributed by atoms with Crippen LogP contribution in [0, 0.1) is 0 Å². The molecule has 0 aliphatic carbocycles. The van der Waals surface area contributed by atoms with Crippen molar-refractivity contribution < 1.29 is 56.4 Å². The first-order valence-corrected chi connectivity index (χ1v) is 6.72. The van der Waals surface area contributed by atoms with Crippen LogP contribution < -0.4 is 0 Å². The Morgan fingerprint density at radius 2 is 1.00 bits per heavy atom. The van der Waals surface area contributed by atoms with E-state index in [9.17, 15) is 19.2 Å². The molecule has 0 heterocycles. The Kier molecular flexibility index (Phi) is 27.1. The summed E-state index contributed by atoms with van der Waals surface area (Å²) in [4.78, 5) is 39.2. The van der Waals surface area contributed by atoms with E-state index in [0.717, 1.165) is 19.6 Å². The molecule has 0 spiro atoms. The van der Waals surface area contributed by atoms with Gasteiger partial charge >= 0.3 is 40.7 Å². The summed E-state index contributed by atoms with van der Waals surface area (Å²) in [6, 6.07) is 0. The fraction of sp³-hybridized carbons (Fsp3) is 0.600. The van der Waals surface area contributed by atoms with Crippen molar-refractivity contribution in [3.05, 3.63) is 5.73 Å². The van der Waals surface area contributed by atoms with Crippen molar-refractivity contribution in [2.75, 3.05) is 37.9 Å². The molecule has 0 amide bonds. The van der Waals surface area contributed by atoms with Crippen molar-refractivity contribution >= 4 is 47.1 Å². The second-order valence-corrected chi connectivity index (χ2v) is 4.04. The molecule has 9 N–H and O–H groups in total. The summed E-state index contributed by atoms with van der Waals surface area (Å²) >= 11 is 11.0. The number of nitrogens with zero attached hydrogens (tertiary/aromatic N) is 1. The van der Waals surface area contributed by atoms with Gasteiger partial charge in [0.1, 0.15) is 0 Å². The van der Waals surface area contributed by atoms with Crippen LogP contribution in [0.3, 0.4) is 0 Å². The normalized spacial score (nSPS) is 8.52. The van der Waals surface area contributed by atoms with Crippen LogP contribution >= 0.6 is 23.2 Å². The third-order valence-corrected chi connectivity index (χ3v) is 1.98. The Morgan fingerprint density at radius 1 is 0.739 bits per heavy atom. The second-order valence-electron chi connectivity index (χ2n) is 3.29. The minimum Gasteiger partial charge on any atom is -0.676 e. The molecule has 0 aromatic rings. The summed E-state index contributed by atoms with van der Waals surface area (Å²) in [5, 5.41) is 23.4. The van der Waals surface area contributed by atoms with Crippen molar-refractivity contribution in [2.45, 2.75) is 0 Å². The number of rotatable bonds is 6. The summed E-state index contributed by atoms with van der Waals surface area (Å²) in [7, 11) is 0. The molecular weight excluding hydrogens is 406 g/mol. The van der Waals surface area contributed by atoms with E-state index in [4.69, 9.17) is 49.4 Å². The average Bonchev–Trinajstić information content (AvgIpc) is 2.40. The van der Waals surface area contributed by atoms with Gasteiger partial charge in [0.25, 0.3) is 0 Å². The second kappa shape index (κ2) is 20.9. The molecule has 0 aromatic heterocycles. The maximum Gasteiger partial charge on any atom is 3.00 e. The third-order valence-electron chi connectivity index (χ3n) is 1.64. The Labute approximate surface area is 152 Å². The summed E-state index contributed by atoms with van der Waals surface area (Å²) in [6.07, 6.45) is 0. The van der Waals surface area contributed by atoms with Gasteiger partial charge in [-0.2, -0.15) is 0 Å². The van der Waals surface area contributed by atoms with Crippen LogP contribution in [0.25, 0.3) is 5.73 Å². The monoisotopic (exact) mass is 426 g/mol. The first kappa shape index (κ1) is 29.8. The van der Waals surface area contributed by atoms with E-state index < -0.39 is 23.9 Å². The van der Waals surface area contributed by atoms with Crippen molar-refractivity contribution in [3.63, 3.8) is 0 Å². The van der Waals surface area contributed by atoms with Crippen molar-refractivity contribution in [3.8, 4) is 0 Å². The number of carbonyl (C=O) groups is 4. The molecule has 0 radical (unpaired) electrons. The molecule has 0 aliphatic rings. The van der Waals surface area contributed by atoms with E-state index in [1.54, 1.807) is 0 Å². The number of hydrogen-bond acceptors (Lipinski definition) is 5. The van der Waals surface area contributed by atoms with Crippen molar-refractivity contribution in [1.82, 2.24) is 4.90 Å². The van der Waals surface area contributed by atoms with Gasteiger partial charge in [0.2, 0.25) is 0 Å². The van der Waals surface area contributed by atoms with Gasteiger partial charge in [0, 0.05) is 24.8 Å². The average molecular weight is 427 g/mol. The number of carbonyl (C=O) groups excluding carboxylic acids is 4. The largest absolute Gasteiger partial charge is 3.00 e. The van der Waals surface area contributed by atoms with Crippen LogP contribution in [0.2, 0.25) is 0 Å². The predicted octanol–water partition coefficient (Wildman–Crippen LogP) is -3.21. The summed E-state index contributed by atoms with van der Waals surface area (Å²) in [5.41, 5.74) is 6.96. The van der Waals surface area contributed by atoms with Gasteiger partial charge < -0.3 is 31.1 Å². The Bertz CT molecular complexity index is 297. The van der Waals surface area contributed by atoms with Gasteiger partial charge in [0.05, 0.1) is 19.2 Å². The molecular formula is C10H21Cl2CoN2O8+6. The van der Waals surface area contributed by atoms with Crippen LogP contribution in [0.4, 0.5) is 0 Å². The molecule has 0 saturated carbocycles. The molecule has 10 nitrogen and oxygen atoms in total. The molecule has 0 saturated heterocycles. The Hall–Kier alpha value is -1.11. The number of halogens is 2. The van der Waals surface area contributed by atoms with Gasteiger partial charge in [-0.25, -0.2) is 0 Å². The van der Waals surface area contributed by atoms with Gasteiger partial charge in [-0.3, -0.25) is 0 Å². The van der Waals surface area contributed by atoms with Crippen LogP contribution in [0.15, 0.2) is 0 Å². The number of hydrogen-bond donors (Lipinski definition) is 0. The molecule has 13 heteroatoms. The van der Waals surface area contributed by atoms with Gasteiger partial charge in [-0.15, -0.1) is 29.7 Å². The van der Waals surface area contributed by atoms with E-state index in [0.29, 0.717) is 18.3 Å². The van der Waals surface area contributed by atoms with Gasteiger partial charge in [-0.1, -0.05) is 0 Å². The molecule has 0 rings (SSSR count). The molecule has 23 heavy (non-hydrogen) atoms. The molecule has 0 fully saturated rings. The maximum absolute atomic E-state index is 9.27. The van der Waals surface area contributed by atoms with E-state index in [-0.39, 0.29) is 16.8 Å². The number of alkyl halides is 2. The number of nitrogens with one attached hydrogen (secondary N) is 1. The fourth-order valence-corrected chi connectivity index (χ4v) is 1.21. The minimum absolute atomic E-state index is 0. The smallest absolute Gasteiger partial charge is 0.676 e. The standard InChI is InChI=1S/C6H13Cl2N2.2C2H2O4.Co/c7-1-4-10(5-2-8)6-3-9;2*3-1(4)2(5)6;/h9H,1-6H2;2*(H,3,4)(H,5,6);/q-1;;;+3/p+4. The quantitative estimate of drug-likeness (QED) is 0.245. The molecule has 136 valence electrons. The zero-order valence-corrected chi connectivity index (χ0v) is 14.5. The summed E-state index contributed by atoms with van der Waals surface area (Å²) in [6.45, 7) is 2.88. The van der Waals surface area contributed by atoms with Crippen molar-refractivity contribution in [2.24, 2.45) is 0 Å². The van der Waals surface area contributed by atoms with Crippen LogP contribution in [0.1, 0.15) is 0 Å². The van der Waals surface area contributed by atoms with Gasteiger partial charge in [-0.05, 0) is 6.54 Å². The minimum atomic E-state index is -1.46.